The molecule has 3 rings (SSSR count). The highest BCUT2D eigenvalue weighted by atomic mass is 16.5. The van der Waals surface area contributed by atoms with Crippen LogP contribution in [0.3, 0.4) is 0 Å². The third kappa shape index (κ3) is 2.93. The van der Waals surface area contributed by atoms with Gasteiger partial charge in [0.1, 0.15) is 17.6 Å². The molecule has 1 aromatic carbocycles. The first-order chi connectivity index (χ1) is 10.1. The molecule has 1 aliphatic heterocycles. The highest BCUT2D eigenvalue weighted by Gasteiger charge is 2.34. The van der Waals surface area contributed by atoms with E-state index in [-0.39, 0.29) is 12.1 Å². The van der Waals surface area contributed by atoms with Gasteiger partial charge in [-0.15, -0.1) is 0 Å². The van der Waals surface area contributed by atoms with Crippen molar-refractivity contribution in [1.82, 2.24) is 0 Å². The number of rotatable bonds is 2. The average Bonchev–Trinajstić information content (AvgIpc) is 2.45. The van der Waals surface area contributed by atoms with Gasteiger partial charge in [-0.2, -0.15) is 0 Å². The van der Waals surface area contributed by atoms with Crippen molar-refractivity contribution in [2.45, 2.75) is 45.3 Å². The molecule has 114 valence electrons. The van der Waals surface area contributed by atoms with E-state index in [1.165, 1.54) is 12.0 Å². The first-order valence-electron chi connectivity index (χ1n) is 7.84. The molecule has 0 spiro atoms. The maximum absolute atomic E-state index is 6.37. The Bertz CT molecular complexity index is 552. The van der Waals surface area contributed by atoms with Gasteiger partial charge in [-0.25, -0.2) is 0 Å². The number of nitrogens with two attached hydrogens (primary N) is 1. The lowest BCUT2D eigenvalue weighted by Crippen LogP contribution is -2.37. The topological polar surface area (TPSA) is 44.5 Å². The van der Waals surface area contributed by atoms with Gasteiger partial charge >= 0.3 is 0 Å². The van der Waals surface area contributed by atoms with Crippen LogP contribution in [0.1, 0.15) is 44.7 Å². The summed E-state index contributed by atoms with van der Waals surface area (Å²) in [6.45, 7) is 4.51. The minimum Gasteiger partial charge on any atom is -0.497 e. The molecule has 2 N–H and O–H groups in total. The van der Waals surface area contributed by atoms with Crippen LogP contribution in [0, 0.1) is 11.8 Å². The fraction of sp³-hybridized carbons (Fsp3) is 0.556. The van der Waals surface area contributed by atoms with E-state index in [1.807, 2.05) is 18.2 Å². The van der Waals surface area contributed by atoms with Crippen LogP contribution >= 0.6 is 0 Å². The normalized spacial score (nSPS) is 31.9. The Balaban J connectivity index is 1.82. The maximum Gasteiger partial charge on any atom is 0.128 e. The van der Waals surface area contributed by atoms with Gasteiger partial charge < -0.3 is 15.2 Å². The summed E-state index contributed by atoms with van der Waals surface area (Å²) in [5.74, 6) is 2.93. The standard InChI is InChI=1S/C18H25NO2/c1-11-6-12(2)8-13(7-11)17-10-16(19)15-5-4-14(20-3)9-18(15)21-17/h4-6,9,11,13,16-17H,7-8,10,19H2,1-3H3. The molecule has 2 aliphatic rings. The molecule has 1 aliphatic carbocycles. The van der Waals surface area contributed by atoms with Gasteiger partial charge in [0.05, 0.1) is 7.11 Å². The summed E-state index contributed by atoms with van der Waals surface area (Å²) in [5, 5.41) is 0. The van der Waals surface area contributed by atoms with E-state index < -0.39 is 0 Å². The minimum absolute atomic E-state index is 0.0613. The molecule has 0 amide bonds. The quantitative estimate of drug-likeness (QED) is 0.841. The van der Waals surface area contributed by atoms with Gasteiger partial charge in [-0.1, -0.05) is 24.6 Å². The molecule has 3 nitrogen and oxygen atoms in total. The van der Waals surface area contributed by atoms with Gasteiger partial charge in [-0.3, -0.25) is 0 Å². The fourth-order valence-corrected chi connectivity index (χ4v) is 3.81. The number of hydrogen-bond acceptors (Lipinski definition) is 3. The molecule has 0 aromatic heterocycles. The fourth-order valence-electron chi connectivity index (χ4n) is 3.81. The second-order valence-corrected chi connectivity index (χ2v) is 6.59. The zero-order valence-corrected chi connectivity index (χ0v) is 13.1. The highest BCUT2D eigenvalue weighted by Crippen LogP contribution is 2.41. The lowest BCUT2D eigenvalue weighted by atomic mass is 9.78. The summed E-state index contributed by atoms with van der Waals surface area (Å²) in [7, 11) is 1.68. The summed E-state index contributed by atoms with van der Waals surface area (Å²) < 4.78 is 11.6. The van der Waals surface area contributed by atoms with E-state index in [9.17, 15) is 0 Å². The average molecular weight is 287 g/mol. The second kappa shape index (κ2) is 5.72. The van der Waals surface area contributed by atoms with E-state index in [1.54, 1.807) is 7.11 Å². The molecule has 21 heavy (non-hydrogen) atoms. The van der Waals surface area contributed by atoms with Gasteiger partial charge in [0, 0.05) is 30.0 Å². The molecular weight excluding hydrogens is 262 g/mol. The molecule has 1 aromatic rings. The van der Waals surface area contributed by atoms with Crippen LogP contribution in [0.4, 0.5) is 0 Å². The van der Waals surface area contributed by atoms with Crippen LogP contribution in [0.15, 0.2) is 29.8 Å². The molecule has 0 saturated carbocycles. The predicted molar refractivity (Wildman–Crippen MR) is 84.6 cm³/mol. The molecule has 4 atom stereocenters. The first kappa shape index (κ1) is 14.5. The SMILES string of the molecule is COc1ccc2c(c1)OC(C1CC(C)=CC(C)C1)CC2N. The lowest BCUT2D eigenvalue weighted by Gasteiger charge is -2.38. The molecule has 0 radical (unpaired) electrons. The summed E-state index contributed by atoms with van der Waals surface area (Å²) in [6.07, 6.45) is 5.82. The molecule has 0 saturated heterocycles. The Morgan fingerprint density at radius 3 is 2.81 bits per heavy atom. The van der Waals surface area contributed by atoms with Crippen LogP contribution in [-0.4, -0.2) is 13.2 Å². The van der Waals surface area contributed by atoms with Gasteiger partial charge in [0.2, 0.25) is 0 Å². The summed E-state index contributed by atoms with van der Waals surface area (Å²) in [4.78, 5) is 0. The predicted octanol–water partition coefficient (Wildman–Crippen LogP) is 3.84. The summed E-state index contributed by atoms with van der Waals surface area (Å²) >= 11 is 0. The Kier molecular flexibility index (Phi) is 3.94. The molecule has 4 unspecified atom stereocenters. The van der Waals surface area contributed by atoms with Crippen molar-refractivity contribution in [3.63, 3.8) is 0 Å². The van der Waals surface area contributed by atoms with E-state index in [0.29, 0.717) is 11.8 Å². The molecule has 0 fully saturated rings. The number of benzene rings is 1. The van der Waals surface area contributed by atoms with E-state index in [0.717, 1.165) is 29.9 Å². The molecule has 3 heteroatoms. The largest absolute Gasteiger partial charge is 0.497 e. The van der Waals surface area contributed by atoms with Crippen molar-refractivity contribution in [3.8, 4) is 11.5 Å². The minimum atomic E-state index is 0.0613. The van der Waals surface area contributed by atoms with Crippen LogP contribution < -0.4 is 15.2 Å². The third-order valence-corrected chi connectivity index (χ3v) is 4.74. The van der Waals surface area contributed by atoms with Crippen molar-refractivity contribution in [2.24, 2.45) is 17.6 Å². The number of hydrogen-bond donors (Lipinski definition) is 1. The van der Waals surface area contributed by atoms with Crippen LogP contribution in [0.25, 0.3) is 0 Å². The maximum atomic E-state index is 6.37. The van der Waals surface area contributed by atoms with Crippen LogP contribution in [0.2, 0.25) is 0 Å². The van der Waals surface area contributed by atoms with Crippen molar-refractivity contribution in [1.29, 1.82) is 0 Å². The zero-order chi connectivity index (χ0) is 15.0. The van der Waals surface area contributed by atoms with E-state index >= 15 is 0 Å². The Hall–Kier alpha value is -1.48. The number of ether oxygens (including phenoxy) is 2. The summed E-state index contributed by atoms with van der Waals surface area (Å²) in [5.41, 5.74) is 8.95. The molecule has 0 bridgehead atoms. The van der Waals surface area contributed by atoms with Crippen molar-refractivity contribution < 1.29 is 9.47 Å². The van der Waals surface area contributed by atoms with Crippen LogP contribution in [0.5, 0.6) is 11.5 Å². The van der Waals surface area contributed by atoms with Crippen molar-refractivity contribution >= 4 is 0 Å². The Labute approximate surface area is 127 Å². The summed E-state index contributed by atoms with van der Waals surface area (Å²) in [6, 6.07) is 6.02. The lowest BCUT2D eigenvalue weighted by molar-refractivity contribution is 0.0855. The monoisotopic (exact) mass is 287 g/mol. The number of allylic oxidation sites excluding steroid dienone is 2. The third-order valence-electron chi connectivity index (χ3n) is 4.74. The van der Waals surface area contributed by atoms with Crippen molar-refractivity contribution in [3.05, 3.63) is 35.4 Å². The van der Waals surface area contributed by atoms with Gasteiger partial charge in [0.15, 0.2) is 0 Å². The zero-order valence-electron chi connectivity index (χ0n) is 13.1. The molecular formula is C18H25NO2. The van der Waals surface area contributed by atoms with Gasteiger partial charge in [-0.05, 0) is 31.7 Å². The smallest absolute Gasteiger partial charge is 0.128 e. The van der Waals surface area contributed by atoms with E-state index in [4.69, 9.17) is 15.2 Å². The highest BCUT2D eigenvalue weighted by molar-refractivity contribution is 5.44. The van der Waals surface area contributed by atoms with Crippen LogP contribution in [-0.2, 0) is 0 Å². The number of fused-ring (bicyclic) bond motifs is 1. The Morgan fingerprint density at radius 1 is 1.29 bits per heavy atom. The van der Waals surface area contributed by atoms with Crippen molar-refractivity contribution in [2.75, 3.05) is 7.11 Å². The number of methoxy groups -OCH3 is 1. The van der Waals surface area contributed by atoms with E-state index in [2.05, 4.69) is 19.9 Å². The molecule has 1 heterocycles. The van der Waals surface area contributed by atoms with Gasteiger partial charge in [0.25, 0.3) is 0 Å². The Morgan fingerprint density at radius 2 is 2.10 bits per heavy atom. The second-order valence-electron chi connectivity index (χ2n) is 6.59. The first-order valence-corrected chi connectivity index (χ1v) is 7.84.